The van der Waals surface area contributed by atoms with Gasteiger partial charge in [-0.05, 0) is 0 Å². The summed E-state index contributed by atoms with van der Waals surface area (Å²) in [4.78, 5) is 0. The maximum absolute atomic E-state index is 5.61. The maximum Gasteiger partial charge on any atom is 2.00 e. The van der Waals surface area contributed by atoms with Crippen LogP contribution in [0.5, 0.6) is 0 Å². The van der Waals surface area contributed by atoms with Crippen molar-refractivity contribution in [2.75, 3.05) is 0 Å². The SMILES string of the molecule is Cl[CH-]c1ccc(Cl)cc1.[Cl-].[Mg+2]. The monoisotopic (exact) mass is 218 g/mol. The van der Waals surface area contributed by atoms with E-state index in [1.54, 1.807) is 12.1 Å². The number of hydrogen-bond acceptors (Lipinski definition) is 0. The molecule has 11 heavy (non-hydrogen) atoms. The van der Waals surface area contributed by atoms with E-state index in [0.717, 1.165) is 10.6 Å². The number of hydrogen-bond donors (Lipinski definition) is 0. The molecule has 1 aromatic carbocycles. The Hall–Kier alpha value is 0.726. The maximum atomic E-state index is 5.61. The summed E-state index contributed by atoms with van der Waals surface area (Å²) in [6, 6.07) is 7.32. The van der Waals surface area contributed by atoms with Gasteiger partial charge in [-0.1, -0.05) is 29.6 Å². The number of rotatable bonds is 1. The third-order valence-electron chi connectivity index (χ3n) is 0.996. The molecule has 0 saturated heterocycles. The van der Waals surface area contributed by atoms with Gasteiger partial charge in [0.1, 0.15) is 0 Å². The van der Waals surface area contributed by atoms with Crippen molar-refractivity contribution in [3.05, 3.63) is 40.7 Å². The van der Waals surface area contributed by atoms with Crippen LogP contribution in [0.25, 0.3) is 0 Å². The van der Waals surface area contributed by atoms with Gasteiger partial charge in [0, 0.05) is 5.02 Å². The Balaban J connectivity index is 0. The molecule has 56 valence electrons. The molecule has 1 aromatic rings. The number of halogens is 3. The zero-order chi connectivity index (χ0) is 6.69. The van der Waals surface area contributed by atoms with Crippen molar-refractivity contribution >= 4 is 46.3 Å². The molecule has 1 rings (SSSR count). The van der Waals surface area contributed by atoms with Crippen LogP contribution >= 0.6 is 23.2 Å². The Morgan fingerprint density at radius 2 is 1.55 bits per heavy atom. The van der Waals surface area contributed by atoms with Gasteiger partial charge in [-0.25, -0.2) is 0 Å². The molecule has 0 fully saturated rings. The summed E-state index contributed by atoms with van der Waals surface area (Å²) in [5.74, 6) is 1.51. The fourth-order valence-corrected chi connectivity index (χ4v) is 0.807. The van der Waals surface area contributed by atoms with Crippen molar-refractivity contribution < 1.29 is 12.4 Å². The average molecular weight is 220 g/mol. The molecule has 0 unspecified atom stereocenters. The average Bonchev–Trinajstić information content (AvgIpc) is 1.90. The van der Waals surface area contributed by atoms with Gasteiger partial charge in [-0.15, -0.1) is 0 Å². The predicted octanol–water partition coefficient (Wildman–Crippen LogP) is -0.288. The van der Waals surface area contributed by atoms with Crippen molar-refractivity contribution in [2.45, 2.75) is 0 Å². The quantitative estimate of drug-likeness (QED) is 0.450. The molecule has 0 aromatic heterocycles. The summed E-state index contributed by atoms with van der Waals surface area (Å²) in [7, 11) is 0. The van der Waals surface area contributed by atoms with Crippen LogP contribution in [0.15, 0.2) is 24.3 Å². The number of benzene rings is 1. The van der Waals surface area contributed by atoms with Crippen molar-refractivity contribution in [1.82, 2.24) is 0 Å². The first-order valence-corrected chi connectivity index (χ1v) is 3.33. The second kappa shape index (κ2) is 7.38. The van der Waals surface area contributed by atoms with Crippen LogP contribution < -0.4 is 12.4 Å². The molecule has 0 spiro atoms. The predicted molar refractivity (Wildman–Crippen MR) is 46.5 cm³/mol. The Morgan fingerprint density at radius 1 is 1.09 bits per heavy atom. The van der Waals surface area contributed by atoms with Crippen molar-refractivity contribution in [1.29, 1.82) is 0 Å². The van der Waals surface area contributed by atoms with E-state index in [4.69, 9.17) is 23.2 Å². The van der Waals surface area contributed by atoms with E-state index in [0.29, 0.717) is 0 Å². The third kappa shape index (κ3) is 5.04. The van der Waals surface area contributed by atoms with Gasteiger partial charge in [-0.3, -0.25) is 0 Å². The molecule has 0 saturated carbocycles. The van der Waals surface area contributed by atoms with Gasteiger partial charge in [0.05, 0.1) is 0 Å². The molecule has 0 aliphatic carbocycles. The van der Waals surface area contributed by atoms with E-state index in [1.807, 2.05) is 12.1 Å². The molecular formula is C7H5Cl3Mg. The van der Waals surface area contributed by atoms with Crippen molar-refractivity contribution in [2.24, 2.45) is 0 Å². The molecule has 0 N–H and O–H groups in total. The van der Waals surface area contributed by atoms with Gasteiger partial charge in [0.25, 0.3) is 0 Å². The van der Waals surface area contributed by atoms with Crippen molar-refractivity contribution in [3.63, 3.8) is 0 Å². The third-order valence-corrected chi connectivity index (χ3v) is 1.50. The van der Waals surface area contributed by atoms with Crippen LogP contribution in [0, 0.1) is 5.88 Å². The molecule has 0 aliphatic heterocycles. The zero-order valence-electron chi connectivity index (χ0n) is 5.73. The normalized spacial score (nSPS) is 7.45. The molecule has 0 nitrogen and oxygen atoms in total. The summed E-state index contributed by atoms with van der Waals surface area (Å²) in [6.45, 7) is 0. The molecule has 0 aliphatic rings. The first-order valence-electron chi connectivity index (χ1n) is 2.52. The first kappa shape index (κ1) is 14.3. The van der Waals surface area contributed by atoms with Crippen molar-refractivity contribution in [3.8, 4) is 0 Å². The Kier molecular flexibility index (Phi) is 9.57. The molecule has 4 heteroatoms. The van der Waals surface area contributed by atoms with Crippen LogP contribution in [-0.4, -0.2) is 23.1 Å². The topological polar surface area (TPSA) is 0 Å². The molecule has 0 radical (unpaired) electrons. The van der Waals surface area contributed by atoms with Crippen LogP contribution in [0.4, 0.5) is 0 Å². The fourth-order valence-electron chi connectivity index (χ4n) is 0.536. The standard InChI is InChI=1S/C7H5Cl2.ClH.Mg/c8-5-6-1-3-7(9)4-2-6;;/h1-5H;1H;/q-1;;+2/p-1. The summed E-state index contributed by atoms with van der Waals surface area (Å²) in [5, 5.41) is 0.734. The van der Waals surface area contributed by atoms with Gasteiger partial charge in [0.15, 0.2) is 0 Å². The van der Waals surface area contributed by atoms with Gasteiger partial charge in [-0.2, -0.15) is 29.3 Å². The zero-order valence-corrected chi connectivity index (χ0v) is 9.41. The van der Waals surface area contributed by atoms with Crippen LogP contribution in [0.3, 0.4) is 0 Å². The smallest absolute Gasteiger partial charge is 1.00 e. The Labute approximate surface area is 98.8 Å². The van der Waals surface area contributed by atoms with Gasteiger partial charge in [0.2, 0.25) is 0 Å². The molecule has 0 bridgehead atoms. The molecular weight excluding hydrogens is 215 g/mol. The van der Waals surface area contributed by atoms with Crippen LogP contribution in [0.1, 0.15) is 5.56 Å². The van der Waals surface area contributed by atoms with E-state index in [9.17, 15) is 0 Å². The molecule has 0 heterocycles. The van der Waals surface area contributed by atoms with E-state index >= 15 is 0 Å². The van der Waals surface area contributed by atoms with E-state index in [-0.39, 0.29) is 35.5 Å². The fraction of sp³-hybridized carbons (Fsp3) is 0. The minimum atomic E-state index is 0. The largest absolute Gasteiger partial charge is 2.00 e. The Morgan fingerprint density at radius 3 is 1.91 bits per heavy atom. The van der Waals surface area contributed by atoms with Crippen LogP contribution in [-0.2, 0) is 0 Å². The molecule has 0 amide bonds. The summed E-state index contributed by atoms with van der Waals surface area (Å²) in [6.07, 6.45) is 0. The first-order chi connectivity index (χ1) is 4.33. The van der Waals surface area contributed by atoms with Gasteiger partial charge < -0.3 is 12.4 Å². The Bertz CT molecular complexity index is 185. The summed E-state index contributed by atoms with van der Waals surface area (Å²) in [5.41, 5.74) is 0.973. The summed E-state index contributed by atoms with van der Waals surface area (Å²) >= 11 is 11.0. The minimum Gasteiger partial charge on any atom is -1.00 e. The van der Waals surface area contributed by atoms with E-state index < -0.39 is 0 Å². The van der Waals surface area contributed by atoms with E-state index in [2.05, 4.69) is 0 Å². The minimum absolute atomic E-state index is 0. The van der Waals surface area contributed by atoms with E-state index in [1.165, 1.54) is 5.88 Å². The second-order valence-electron chi connectivity index (χ2n) is 1.66. The van der Waals surface area contributed by atoms with Gasteiger partial charge >= 0.3 is 23.1 Å². The van der Waals surface area contributed by atoms with Crippen LogP contribution in [0.2, 0.25) is 5.02 Å². The summed E-state index contributed by atoms with van der Waals surface area (Å²) < 4.78 is 0. The molecule has 0 atom stereocenters. The second-order valence-corrected chi connectivity index (χ2v) is 2.32.